The lowest BCUT2D eigenvalue weighted by Gasteiger charge is -2.09. The summed E-state index contributed by atoms with van der Waals surface area (Å²) >= 11 is 11.1. The Bertz CT molecular complexity index is 675. The molecule has 2 rings (SSSR count). The summed E-state index contributed by atoms with van der Waals surface area (Å²) in [6.45, 7) is 1.85. The summed E-state index contributed by atoms with van der Waals surface area (Å²) in [5.41, 5.74) is 1.03. The van der Waals surface area contributed by atoms with Gasteiger partial charge in [-0.15, -0.1) is 0 Å². The maximum absolute atomic E-state index is 12.1. The number of halogens is 1. The Labute approximate surface area is 137 Å². The van der Waals surface area contributed by atoms with Gasteiger partial charge in [0.15, 0.2) is 11.7 Å². The van der Waals surface area contributed by atoms with Crippen molar-refractivity contribution in [1.82, 2.24) is 10.2 Å². The fourth-order valence-corrected chi connectivity index (χ4v) is 2.45. The van der Waals surface area contributed by atoms with Gasteiger partial charge in [-0.3, -0.25) is 9.69 Å². The minimum absolute atomic E-state index is 0.199. The first-order valence-corrected chi connectivity index (χ1v) is 7.19. The van der Waals surface area contributed by atoms with Crippen LogP contribution in [0.2, 0.25) is 5.02 Å². The van der Waals surface area contributed by atoms with Crippen molar-refractivity contribution in [2.45, 2.75) is 6.92 Å². The molecule has 1 amide bonds. The second-order valence-electron chi connectivity index (χ2n) is 4.41. The van der Waals surface area contributed by atoms with E-state index in [1.807, 2.05) is 6.92 Å². The molecule has 0 spiro atoms. The molecule has 1 aromatic rings. The lowest BCUT2D eigenvalue weighted by molar-refractivity contribution is -0.139. The van der Waals surface area contributed by atoms with Crippen LogP contribution in [0.25, 0.3) is 6.08 Å². The maximum atomic E-state index is 12.1. The van der Waals surface area contributed by atoms with Crippen LogP contribution in [0, 0.1) is 0 Å². The summed E-state index contributed by atoms with van der Waals surface area (Å²) in [5, 5.41) is 12.0. The summed E-state index contributed by atoms with van der Waals surface area (Å²) in [6, 6.07) is 4.80. The van der Waals surface area contributed by atoms with E-state index >= 15 is 0 Å². The molecule has 0 aliphatic carbocycles. The fourth-order valence-electron chi connectivity index (χ4n) is 1.89. The second-order valence-corrected chi connectivity index (χ2v) is 5.20. The van der Waals surface area contributed by atoms with E-state index in [4.69, 9.17) is 33.7 Å². The van der Waals surface area contributed by atoms with Gasteiger partial charge in [0.2, 0.25) is 0 Å². The third kappa shape index (κ3) is 3.55. The number of benzene rings is 1. The van der Waals surface area contributed by atoms with Crippen LogP contribution < -0.4 is 10.1 Å². The number of hydrogen-bond donors (Lipinski definition) is 2. The largest absolute Gasteiger partial charge is 0.480 e. The third-order valence-corrected chi connectivity index (χ3v) is 3.51. The summed E-state index contributed by atoms with van der Waals surface area (Å²) in [6.07, 6.45) is 1.62. The fraction of sp³-hybridized carbons (Fsp3) is 0.214. The van der Waals surface area contributed by atoms with Crippen molar-refractivity contribution in [2.75, 3.05) is 13.2 Å². The van der Waals surface area contributed by atoms with Crippen molar-refractivity contribution >= 4 is 46.9 Å². The summed E-state index contributed by atoms with van der Waals surface area (Å²) < 4.78 is 5.03. The number of nitrogens with one attached hydrogen (secondary N) is 1. The summed E-state index contributed by atoms with van der Waals surface area (Å²) in [7, 11) is 0. The first-order valence-electron chi connectivity index (χ1n) is 6.41. The summed E-state index contributed by atoms with van der Waals surface area (Å²) in [5.74, 6) is -1.02. The van der Waals surface area contributed by atoms with Crippen molar-refractivity contribution in [3.05, 3.63) is 34.5 Å². The van der Waals surface area contributed by atoms with E-state index in [2.05, 4.69) is 5.32 Å². The SMILES string of the molecule is CCN1C(=O)/C(=C/c2ccc(OCC(=O)O)c(Cl)c2)NC1=S. The number of rotatable bonds is 5. The van der Waals surface area contributed by atoms with Gasteiger partial charge in [0, 0.05) is 6.54 Å². The zero-order valence-electron chi connectivity index (χ0n) is 11.6. The van der Waals surface area contributed by atoms with Gasteiger partial charge in [0.1, 0.15) is 11.4 Å². The number of amides is 1. The Morgan fingerprint density at radius 1 is 1.55 bits per heavy atom. The number of nitrogens with zero attached hydrogens (tertiary/aromatic N) is 1. The molecule has 1 heterocycles. The number of carbonyl (C=O) groups excluding carboxylic acids is 1. The van der Waals surface area contributed by atoms with Gasteiger partial charge in [-0.05, 0) is 42.9 Å². The minimum Gasteiger partial charge on any atom is -0.480 e. The average Bonchev–Trinajstić information content (AvgIpc) is 2.72. The van der Waals surface area contributed by atoms with Crippen molar-refractivity contribution in [3.8, 4) is 5.75 Å². The molecule has 116 valence electrons. The van der Waals surface area contributed by atoms with E-state index in [0.29, 0.717) is 22.9 Å². The highest BCUT2D eigenvalue weighted by atomic mass is 35.5. The molecule has 1 aliphatic heterocycles. The predicted molar refractivity (Wildman–Crippen MR) is 85.7 cm³/mol. The van der Waals surface area contributed by atoms with Crippen LogP contribution in [-0.4, -0.2) is 40.1 Å². The molecule has 0 unspecified atom stereocenters. The molecule has 0 aromatic heterocycles. The Hall–Kier alpha value is -2.12. The van der Waals surface area contributed by atoms with Gasteiger partial charge < -0.3 is 15.2 Å². The van der Waals surface area contributed by atoms with E-state index < -0.39 is 12.6 Å². The zero-order valence-corrected chi connectivity index (χ0v) is 13.2. The van der Waals surface area contributed by atoms with E-state index in [-0.39, 0.29) is 16.7 Å². The number of likely N-dealkylation sites (N-methyl/N-ethyl adjacent to an activating group) is 1. The van der Waals surface area contributed by atoms with E-state index in [9.17, 15) is 9.59 Å². The molecule has 0 radical (unpaired) electrons. The van der Waals surface area contributed by atoms with Gasteiger partial charge in [0.25, 0.3) is 5.91 Å². The van der Waals surface area contributed by atoms with Gasteiger partial charge in [-0.25, -0.2) is 4.79 Å². The van der Waals surface area contributed by atoms with Crippen LogP contribution in [0.15, 0.2) is 23.9 Å². The van der Waals surface area contributed by atoms with Crippen LogP contribution in [0.1, 0.15) is 12.5 Å². The molecule has 1 fully saturated rings. The standard InChI is InChI=1S/C14H13ClN2O4S/c1-2-17-13(20)10(16-14(17)22)6-8-3-4-11(9(15)5-8)21-7-12(18)19/h3-6H,2,7H2,1H3,(H,16,22)(H,18,19)/b10-6-. The van der Waals surface area contributed by atoms with Gasteiger partial charge >= 0.3 is 5.97 Å². The number of ether oxygens (including phenoxy) is 1. The van der Waals surface area contributed by atoms with Crippen LogP contribution in [0.4, 0.5) is 0 Å². The molecule has 22 heavy (non-hydrogen) atoms. The molecule has 0 bridgehead atoms. The first kappa shape index (κ1) is 16.3. The highest BCUT2D eigenvalue weighted by Gasteiger charge is 2.28. The minimum atomic E-state index is -1.09. The predicted octanol–water partition coefficient (Wildman–Crippen LogP) is 1.88. The van der Waals surface area contributed by atoms with Gasteiger partial charge in [0.05, 0.1) is 5.02 Å². The Morgan fingerprint density at radius 3 is 2.82 bits per heavy atom. The Kier molecular flexibility index (Phi) is 4.99. The van der Waals surface area contributed by atoms with Gasteiger partial charge in [-0.1, -0.05) is 17.7 Å². The van der Waals surface area contributed by atoms with Crippen molar-refractivity contribution in [1.29, 1.82) is 0 Å². The number of aliphatic carboxylic acids is 1. The monoisotopic (exact) mass is 340 g/mol. The van der Waals surface area contributed by atoms with E-state index in [0.717, 1.165) is 0 Å². The maximum Gasteiger partial charge on any atom is 0.341 e. The van der Waals surface area contributed by atoms with Crippen LogP contribution in [-0.2, 0) is 9.59 Å². The quantitative estimate of drug-likeness (QED) is 0.629. The third-order valence-electron chi connectivity index (χ3n) is 2.90. The van der Waals surface area contributed by atoms with Crippen LogP contribution >= 0.6 is 23.8 Å². The van der Waals surface area contributed by atoms with Gasteiger partial charge in [-0.2, -0.15) is 0 Å². The number of thiocarbonyl (C=S) groups is 1. The number of carboxylic acid groups (broad SMARTS) is 1. The number of carbonyl (C=O) groups is 2. The molecular weight excluding hydrogens is 328 g/mol. The van der Waals surface area contributed by atoms with E-state index in [1.165, 1.54) is 4.90 Å². The smallest absolute Gasteiger partial charge is 0.341 e. The molecule has 6 nitrogen and oxygen atoms in total. The number of hydrogen-bond acceptors (Lipinski definition) is 4. The molecule has 1 aliphatic rings. The molecular formula is C14H13ClN2O4S. The topological polar surface area (TPSA) is 78.9 Å². The highest BCUT2D eigenvalue weighted by Crippen LogP contribution is 2.26. The zero-order chi connectivity index (χ0) is 16.3. The lowest BCUT2D eigenvalue weighted by Crippen LogP contribution is -2.30. The first-order chi connectivity index (χ1) is 10.4. The van der Waals surface area contributed by atoms with Crippen molar-refractivity contribution in [2.24, 2.45) is 0 Å². The van der Waals surface area contributed by atoms with E-state index in [1.54, 1.807) is 24.3 Å². The second kappa shape index (κ2) is 6.76. The number of carboxylic acids is 1. The highest BCUT2D eigenvalue weighted by molar-refractivity contribution is 7.80. The Balaban J connectivity index is 2.19. The molecule has 1 saturated heterocycles. The van der Waals surface area contributed by atoms with Crippen molar-refractivity contribution < 1.29 is 19.4 Å². The average molecular weight is 341 g/mol. The molecule has 1 aromatic carbocycles. The summed E-state index contributed by atoms with van der Waals surface area (Å²) in [4.78, 5) is 24.0. The normalized spacial score (nSPS) is 16.1. The Morgan fingerprint density at radius 2 is 2.27 bits per heavy atom. The molecule has 0 saturated carbocycles. The molecule has 2 N–H and O–H groups in total. The van der Waals surface area contributed by atoms with Crippen LogP contribution in [0.3, 0.4) is 0 Å². The lowest BCUT2D eigenvalue weighted by atomic mass is 10.2. The van der Waals surface area contributed by atoms with Crippen LogP contribution in [0.5, 0.6) is 5.75 Å². The molecule has 0 atom stereocenters. The van der Waals surface area contributed by atoms with Crippen molar-refractivity contribution in [3.63, 3.8) is 0 Å². The molecule has 8 heteroatoms.